The minimum absolute atomic E-state index is 0.0667. The predicted octanol–water partition coefficient (Wildman–Crippen LogP) is 3.00. The van der Waals surface area contributed by atoms with Gasteiger partial charge in [-0.15, -0.1) is 0 Å². The van der Waals surface area contributed by atoms with Crippen molar-refractivity contribution >= 4 is 29.8 Å². The van der Waals surface area contributed by atoms with Crippen LogP contribution in [0.5, 0.6) is 11.5 Å². The highest BCUT2D eigenvalue weighted by atomic mass is 16.6. The standard InChI is InChI=1S/C27H39N3O9/c1-17(2)9-7-5-6-8-10-23(31)28-16-19-11-13-21(22(15-19)38-4)39-27(37)29-18(3)25(34)30-20(26(35)36)12-14-24(32)33/h7,9,11,13,15,17-18,20H,5-6,8,10,12,14,16H2,1-4H3,(H,28,31)(H,29,37)(H,30,34)(H,32,33)(H,35,36)/b9-7+/t18-,20-/m0/s1. The van der Waals surface area contributed by atoms with Gasteiger partial charge in [-0.05, 0) is 56.2 Å². The van der Waals surface area contributed by atoms with Gasteiger partial charge in [0.2, 0.25) is 11.8 Å². The highest BCUT2D eigenvalue weighted by Gasteiger charge is 2.25. The molecule has 1 rings (SSSR count). The average molecular weight is 550 g/mol. The summed E-state index contributed by atoms with van der Waals surface area (Å²) in [5.41, 5.74) is 0.724. The van der Waals surface area contributed by atoms with Gasteiger partial charge in [-0.1, -0.05) is 32.1 Å². The Bertz CT molecular complexity index is 1020. The molecule has 0 spiro atoms. The molecule has 2 atom stereocenters. The first kappa shape index (κ1) is 32.9. The van der Waals surface area contributed by atoms with E-state index in [2.05, 4.69) is 41.9 Å². The number of methoxy groups -OCH3 is 1. The SMILES string of the molecule is COc1cc(CNC(=O)CCCC/C=C/C(C)C)ccc1OC(=O)N[C@@H](C)C(=O)N[C@@H](CCC(=O)O)C(=O)O. The molecule has 0 aliphatic carbocycles. The molecule has 0 aliphatic rings. The highest BCUT2D eigenvalue weighted by Crippen LogP contribution is 2.28. The van der Waals surface area contributed by atoms with Gasteiger partial charge >= 0.3 is 18.0 Å². The average Bonchev–Trinajstić information content (AvgIpc) is 2.87. The van der Waals surface area contributed by atoms with Crippen molar-refractivity contribution in [1.29, 1.82) is 0 Å². The van der Waals surface area contributed by atoms with E-state index < -0.39 is 42.4 Å². The molecular formula is C27H39N3O9. The Morgan fingerprint density at radius 2 is 1.69 bits per heavy atom. The number of benzene rings is 1. The summed E-state index contributed by atoms with van der Waals surface area (Å²) in [7, 11) is 1.38. The maximum Gasteiger partial charge on any atom is 0.413 e. The normalized spacial score (nSPS) is 12.4. The molecule has 0 fully saturated rings. The van der Waals surface area contributed by atoms with E-state index in [-0.39, 0.29) is 30.4 Å². The molecule has 0 radical (unpaired) electrons. The minimum Gasteiger partial charge on any atom is -0.493 e. The fourth-order valence-corrected chi connectivity index (χ4v) is 3.31. The molecule has 0 bridgehead atoms. The Morgan fingerprint density at radius 3 is 2.31 bits per heavy atom. The lowest BCUT2D eigenvalue weighted by Crippen LogP contribution is -2.50. The summed E-state index contributed by atoms with van der Waals surface area (Å²) in [6.45, 7) is 5.81. The summed E-state index contributed by atoms with van der Waals surface area (Å²) in [6.07, 6.45) is 5.62. The molecular weight excluding hydrogens is 510 g/mol. The fraction of sp³-hybridized carbons (Fsp3) is 0.519. The number of nitrogens with one attached hydrogen (secondary N) is 3. The van der Waals surface area contributed by atoms with Gasteiger partial charge in [0.15, 0.2) is 11.5 Å². The van der Waals surface area contributed by atoms with Gasteiger partial charge in [-0.3, -0.25) is 14.4 Å². The molecule has 39 heavy (non-hydrogen) atoms. The number of amides is 3. The first-order valence-electron chi connectivity index (χ1n) is 12.8. The summed E-state index contributed by atoms with van der Waals surface area (Å²) in [5, 5.41) is 25.2. The van der Waals surface area contributed by atoms with Crippen LogP contribution in [0.2, 0.25) is 0 Å². The zero-order valence-electron chi connectivity index (χ0n) is 22.8. The molecule has 0 aromatic heterocycles. The van der Waals surface area contributed by atoms with Gasteiger partial charge in [0.1, 0.15) is 12.1 Å². The maximum absolute atomic E-state index is 12.3. The van der Waals surface area contributed by atoms with E-state index in [9.17, 15) is 24.0 Å². The van der Waals surface area contributed by atoms with Gasteiger partial charge in [-0.2, -0.15) is 0 Å². The Morgan fingerprint density at radius 1 is 0.974 bits per heavy atom. The van der Waals surface area contributed by atoms with E-state index in [1.165, 1.54) is 20.1 Å². The second kappa shape index (κ2) is 17.4. The van der Waals surface area contributed by atoms with Gasteiger partial charge in [0, 0.05) is 19.4 Å². The summed E-state index contributed by atoms with van der Waals surface area (Å²) in [5.74, 6) is -2.68. The van der Waals surface area contributed by atoms with E-state index in [0.717, 1.165) is 24.8 Å². The van der Waals surface area contributed by atoms with Crippen LogP contribution in [-0.2, 0) is 25.7 Å². The number of carboxylic acid groups (broad SMARTS) is 2. The topological polar surface area (TPSA) is 180 Å². The number of carbonyl (C=O) groups is 5. The minimum atomic E-state index is -1.42. The quantitative estimate of drug-likeness (QED) is 0.144. The van der Waals surface area contributed by atoms with Crippen LogP contribution in [0.25, 0.3) is 0 Å². The number of aliphatic carboxylic acids is 2. The molecule has 1 aromatic rings. The van der Waals surface area contributed by atoms with E-state index >= 15 is 0 Å². The van der Waals surface area contributed by atoms with Gasteiger partial charge < -0.3 is 35.6 Å². The van der Waals surface area contributed by atoms with E-state index in [1.807, 2.05) is 0 Å². The van der Waals surface area contributed by atoms with Crippen molar-refractivity contribution in [3.8, 4) is 11.5 Å². The number of hydrogen-bond donors (Lipinski definition) is 5. The zero-order valence-corrected chi connectivity index (χ0v) is 22.8. The predicted molar refractivity (Wildman–Crippen MR) is 142 cm³/mol. The van der Waals surface area contributed by atoms with Crippen molar-refractivity contribution in [2.24, 2.45) is 5.92 Å². The van der Waals surface area contributed by atoms with Crippen LogP contribution in [0.3, 0.4) is 0 Å². The molecule has 12 nitrogen and oxygen atoms in total. The summed E-state index contributed by atoms with van der Waals surface area (Å²) in [4.78, 5) is 58.6. The van der Waals surface area contributed by atoms with Crippen molar-refractivity contribution in [1.82, 2.24) is 16.0 Å². The number of hydrogen-bond acceptors (Lipinski definition) is 7. The Labute approximate surface area is 228 Å². The van der Waals surface area contributed by atoms with Crippen molar-refractivity contribution in [2.75, 3.05) is 7.11 Å². The molecule has 0 unspecified atom stereocenters. The number of rotatable bonds is 17. The van der Waals surface area contributed by atoms with Crippen LogP contribution in [-0.4, -0.2) is 59.3 Å². The third kappa shape index (κ3) is 13.9. The maximum atomic E-state index is 12.3. The second-order valence-corrected chi connectivity index (χ2v) is 9.27. The van der Waals surface area contributed by atoms with E-state index in [4.69, 9.17) is 19.7 Å². The molecule has 1 aromatic carbocycles. The Kier molecular flexibility index (Phi) is 14.7. The number of ether oxygens (including phenoxy) is 2. The van der Waals surface area contributed by atoms with Crippen LogP contribution in [0, 0.1) is 5.92 Å². The molecule has 12 heteroatoms. The van der Waals surface area contributed by atoms with Crippen molar-refractivity contribution < 1.29 is 43.7 Å². The molecule has 0 saturated carbocycles. The molecule has 216 valence electrons. The summed E-state index contributed by atoms with van der Waals surface area (Å²) >= 11 is 0. The van der Waals surface area contributed by atoms with Crippen molar-refractivity contribution in [2.45, 2.75) is 77.9 Å². The Hall–Kier alpha value is -4.09. The van der Waals surface area contributed by atoms with Crippen LogP contribution in [0.1, 0.15) is 64.9 Å². The largest absolute Gasteiger partial charge is 0.493 e. The number of carbonyl (C=O) groups excluding carboxylic acids is 3. The summed E-state index contributed by atoms with van der Waals surface area (Å²) < 4.78 is 10.5. The van der Waals surface area contributed by atoms with Gasteiger partial charge in [-0.25, -0.2) is 9.59 Å². The summed E-state index contributed by atoms with van der Waals surface area (Å²) in [6, 6.07) is 2.15. The second-order valence-electron chi connectivity index (χ2n) is 9.27. The van der Waals surface area contributed by atoms with Crippen LogP contribution >= 0.6 is 0 Å². The van der Waals surface area contributed by atoms with Gasteiger partial charge in [0.25, 0.3) is 0 Å². The first-order valence-corrected chi connectivity index (χ1v) is 12.8. The molecule has 3 amide bonds. The first-order chi connectivity index (χ1) is 18.4. The highest BCUT2D eigenvalue weighted by molar-refractivity contribution is 5.89. The fourth-order valence-electron chi connectivity index (χ4n) is 3.31. The lowest BCUT2D eigenvalue weighted by molar-refractivity contribution is -0.143. The molecule has 0 heterocycles. The zero-order chi connectivity index (χ0) is 29.4. The number of carboxylic acids is 2. The smallest absolute Gasteiger partial charge is 0.413 e. The van der Waals surface area contributed by atoms with Crippen molar-refractivity contribution in [3.05, 3.63) is 35.9 Å². The van der Waals surface area contributed by atoms with E-state index in [0.29, 0.717) is 12.3 Å². The number of allylic oxidation sites excluding steroid dienone is 2. The lowest BCUT2D eigenvalue weighted by atomic mass is 10.1. The van der Waals surface area contributed by atoms with Crippen LogP contribution < -0.4 is 25.4 Å². The van der Waals surface area contributed by atoms with Crippen LogP contribution in [0.4, 0.5) is 4.79 Å². The third-order valence-corrected chi connectivity index (χ3v) is 5.46. The lowest BCUT2D eigenvalue weighted by Gasteiger charge is -2.18. The Balaban J connectivity index is 2.57. The number of unbranched alkanes of at least 4 members (excludes halogenated alkanes) is 2. The van der Waals surface area contributed by atoms with Crippen molar-refractivity contribution in [3.63, 3.8) is 0 Å². The van der Waals surface area contributed by atoms with Gasteiger partial charge in [0.05, 0.1) is 7.11 Å². The third-order valence-electron chi connectivity index (χ3n) is 5.46. The van der Waals surface area contributed by atoms with Crippen LogP contribution in [0.15, 0.2) is 30.4 Å². The molecule has 0 saturated heterocycles. The monoisotopic (exact) mass is 549 g/mol. The molecule has 0 aliphatic heterocycles. The molecule has 5 N–H and O–H groups in total. The van der Waals surface area contributed by atoms with E-state index in [1.54, 1.807) is 12.1 Å².